The van der Waals surface area contributed by atoms with E-state index in [2.05, 4.69) is 10.3 Å². The van der Waals surface area contributed by atoms with Crippen LogP contribution in [0.1, 0.15) is 35.6 Å². The second-order valence-corrected chi connectivity index (χ2v) is 5.39. The van der Waals surface area contributed by atoms with Crippen LogP contribution in [0, 0.1) is 0 Å². The van der Waals surface area contributed by atoms with Gasteiger partial charge in [0.25, 0.3) is 0 Å². The Kier molecular flexibility index (Phi) is 3.72. The second kappa shape index (κ2) is 5.05. The minimum absolute atomic E-state index is 0.258. The highest BCUT2D eigenvalue weighted by Crippen LogP contribution is 2.29. The number of aromatic nitrogens is 1. The average Bonchev–Trinajstić information content (AvgIpc) is 2.67. The molecule has 0 aliphatic carbocycles. The van der Waals surface area contributed by atoms with Crippen molar-refractivity contribution < 1.29 is 5.11 Å². The van der Waals surface area contributed by atoms with E-state index < -0.39 is 0 Å². The van der Waals surface area contributed by atoms with Gasteiger partial charge in [-0.1, -0.05) is 0 Å². The molecule has 1 aromatic rings. The standard InChI is InChI=1S/C11H18N2OS/c1-8(14)6-10-7-13-11(15-10)9-2-4-12-5-3-9/h7-9,12,14H,2-6H2,1H3. The number of nitrogens with one attached hydrogen (secondary N) is 1. The zero-order valence-electron chi connectivity index (χ0n) is 9.07. The van der Waals surface area contributed by atoms with Crippen molar-refractivity contribution in [1.82, 2.24) is 10.3 Å². The Hall–Kier alpha value is -0.450. The Bertz CT molecular complexity index is 305. The van der Waals surface area contributed by atoms with Gasteiger partial charge in [-0.15, -0.1) is 11.3 Å². The first kappa shape index (κ1) is 11.0. The molecule has 0 amide bonds. The van der Waals surface area contributed by atoms with Gasteiger partial charge in [-0.05, 0) is 32.9 Å². The highest BCUT2D eigenvalue weighted by atomic mass is 32.1. The van der Waals surface area contributed by atoms with Gasteiger partial charge in [-0.25, -0.2) is 4.98 Å². The molecule has 84 valence electrons. The smallest absolute Gasteiger partial charge is 0.0959 e. The topological polar surface area (TPSA) is 45.2 Å². The van der Waals surface area contributed by atoms with E-state index in [-0.39, 0.29) is 6.10 Å². The molecule has 4 heteroatoms. The van der Waals surface area contributed by atoms with Crippen molar-refractivity contribution in [2.24, 2.45) is 0 Å². The summed E-state index contributed by atoms with van der Waals surface area (Å²) in [5.41, 5.74) is 0. The highest BCUT2D eigenvalue weighted by Gasteiger charge is 2.18. The summed E-state index contributed by atoms with van der Waals surface area (Å²) < 4.78 is 0. The maximum atomic E-state index is 9.29. The van der Waals surface area contributed by atoms with E-state index in [4.69, 9.17) is 0 Å². The summed E-state index contributed by atoms with van der Waals surface area (Å²) in [6.45, 7) is 4.04. The van der Waals surface area contributed by atoms with Gasteiger partial charge >= 0.3 is 0 Å². The van der Waals surface area contributed by atoms with E-state index in [9.17, 15) is 5.11 Å². The van der Waals surface area contributed by atoms with Crippen LogP contribution in [-0.4, -0.2) is 29.3 Å². The summed E-state index contributed by atoms with van der Waals surface area (Å²) in [6, 6.07) is 0. The molecule has 1 atom stereocenters. The van der Waals surface area contributed by atoms with Gasteiger partial charge in [0, 0.05) is 23.4 Å². The van der Waals surface area contributed by atoms with Gasteiger partial charge in [0.1, 0.15) is 0 Å². The van der Waals surface area contributed by atoms with E-state index in [0.29, 0.717) is 5.92 Å². The molecular formula is C11H18N2OS. The molecule has 0 spiro atoms. The zero-order chi connectivity index (χ0) is 10.7. The van der Waals surface area contributed by atoms with Crippen LogP contribution in [0.15, 0.2) is 6.20 Å². The maximum absolute atomic E-state index is 9.29. The van der Waals surface area contributed by atoms with Crippen molar-refractivity contribution in [1.29, 1.82) is 0 Å². The van der Waals surface area contributed by atoms with Crippen molar-refractivity contribution in [3.63, 3.8) is 0 Å². The molecule has 1 aliphatic heterocycles. The fourth-order valence-electron chi connectivity index (χ4n) is 1.97. The number of nitrogens with zero attached hydrogens (tertiary/aromatic N) is 1. The number of aliphatic hydroxyl groups is 1. The minimum Gasteiger partial charge on any atom is -0.393 e. The predicted octanol–water partition coefficient (Wildman–Crippen LogP) is 1.53. The van der Waals surface area contributed by atoms with Crippen LogP contribution < -0.4 is 5.32 Å². The van der Waals surface area contributed by atoms with Gasteiger partial charge in [0.2, 0.25) is 0 Å². The third-order valence-electron chi connectivity index (χ3n) is 2.76. The summed E-state index contributed by atoms with van der Waals surface area (Å²) in [7, 11) is 0. The number of rotatable bonds is 3. The molecule has 1 aromatic heterocycles. The lowest BCUT2D eigenvalue weighted by molar-refractivity contribution is 0.196. The van der Waals surface area contributed by atoms with Gasteiger partial charge in [0.05, 0.1) is 11.1 Å². The number of hydrogen-bond acceptors (Lipinski definition) is 4. The molecule has 1 saturated heterocycles. The van der Waals surface area contributed by atoms with Crippen molar-refractivity contribution in [3.05, 3.63) is 16.1 Å². The Morgan fingerprint density at radius 2 is 2.33 bits per heavy atom. The highest BCUT2D eigenvalue weighted by molar-refractivity contribution is 7.11. The third kappa shape index (κ3) is 3.00. The van der Waals surface area contributed by atoms with E-state index in [0.717, 1.165) is 19.5 Å². The molecule has 1 unspecified atom stereocenters. The molecule has 3 nitrogen and oxygen atoms in total. The van der Waals surface area contributed by atoms with Crippen LogP contribution in [0.2, 0.25) is 0 Å². The van der Waals surface area contributed by atoms with Crippen molar-refractivity contribution >= 4 is 11.3 Å². The zero-order valence-corrected chi connectivity index (χ0v) is 9.89. The first-order chi connectivity index (χ1) is 7.25. The van der Waals surface area contributed by atoms with Gasteiger partial charge < -0.3 is 10.4 Å². The molecule has 2 heterocycles. The number of hydrogen-bond donors (Lipinski definition) is 2. The largest absolute Gasteiger partial charge is 0.393 e. The second-order valence-electron chi connectivity index (χ2n) is 4.24. The normalized spacial score (nSPS) is 20.4. The fraction of sp³-hybridized carbons (Fsp3) is 0.727. The number of thiazole rings is 1. The summed E-state index contributed by atoms with van der Waals surface area (Å²) in [5, 5.41) is 13.9. The lowest BCUT2D eigenvalue weighted by Crippen LogP contribution is -2.26. The van der Waals surface area contributed by atoms with Crippen LogP contribution >= 0.6 is 11.3 Å². The van der Waals surface area contributed by atoms with E-state index in [1.807, 2.05) is 13.1 Å². The lowest BCUT2D eigenvalue weighted by Gasteiger charge is -2.20. The molecule has 2 N–H and O–H groups in total. The van der Waals surface area contributed by atoms with Crippen molar-refractivity contribution in [2.45, 2.75) is 38.2 Å². The molecule has 0 radical (unpaired) electrons. The molecule has 0 bridgehead atoms. The maximum Gasteiger partial charge on any atom is 0.0959 e. The monoisotopic (exact) mass is 226 g/mol. The first-order valence-corrected chi connectivity index (χ1v) is 6.40. The molecule has 1 fully saturated rings. The Labute approximate surface area is 94.5 Å². The number of aliphatic hydroxyl groups excluding tert-OH is 1. The quantitative estimate of drug-likeness (QED) is 0.821. The molecule has 0 saturated carbocycles. The lowest BCUT2D eigenvalue weighted by atomic mass is 9.99. The Morgan fingerprint density at radius 3 is 3.00 bits per heavy atom. The van der Waals surface area contributed by atoms with Crippen molar-refractivity contribution in [3.8, 4) is 0 Å². The summed E-state index contributed by atoms with van der Waals surface area (Å²) in [4.78, 5) is 5.68. The van der Waals surface area contributed by atoms with Crippen molar-refractivity contribution in [2.75, 3.05) is 13.1 Å². The molecule has 15 heavy (non-hydrogen) atoms. The average molecular weight is 226 g/mol. The van der Waals surface area contributed by atoms with Gasteiger partial charge in [0.15, 0.2) is 0 Å². The molecular weight excluding hydrogens is 208 g/mol. The first-order valence-electron chi connectivity index (χ1n) is 5.59. The van der Waals surface area contributed by atoms with Crippen LogP contribution in [0.3, 0.4) is 0 Å². The Balaban J connectivity index is 1.99. The summed E-state index contributed by atoms with van der Waals surface area (Å²) in [5.74, 6) is 0.638. The SMILES string of the molecule is CC(O)Cc1cnc(C2CCNCC2)s1. The number of piperidine rings is 1. The summed E-state index contributed by atoms with van der Waals surface area (Å²) >= 11 is 1.77. The van der Waals surface area contributed by atoms with E-state index in [1.54, 1.807) is 11.3 Å². The van der Waals surface area contributed by atoms with Crippen LogP contribution in [0.5, 0.6) is 0 Å². The van der Waals surface area contributed by atoms with Gasteiger partial charge in [-0.2, -0.15) is 0 Å². The van der Waals surface area contributed by atoms with E-state index in [1.165, 1.54) is 22.7 Å². The van der Waals surface area contributed by atoms with Crippen LogP contribution in [0.25, 0.3) is 0 Å². The molecule has 1 aliphatic rings. The fourth-order valence-corrected chi connectivity index (χ4v) is 3.17. The Morgan fingerprint density at radius 1 is 1.60 bits per heavy atom. The molecule has 0 aromatic carbocycles. The molecule has 2 rings (SSSR count). The van der Waals surface area contributed by atoms with Gasteiger partial charge in [-0.3, -0.25) is 0 Å². The predicted molar refractivity (Wildman–Crippen MR) is 62.3 cm³/mol. The third-order valence-corrected chi connectivity index (χ3v) is 3.94. The van der Waals surface area contributed by atoms with Crippen LogP contribution in [-0.2, 0) is 6.42 Å². The summed E-state index contributed by atoms with van der Waals surface area (Å²) in [6.07, 6.45) is 4.80. The van der Waals surface area contributed by atoms with E-state index >= 15 is 0 Å². The minimum atomic E-state index is -0.258. The van der Waals surface area contributed by atoms with Crippen LogP contribution in [0.4, 0.5) is 0 Å².